The molecular formula is C29H29N5O. The Morgan fingerprint density at radius 3 is 2.37 bits per heavy atom. The molecule has 35 heavy (non-hydrogen) atoms. The molecule has 0 radical (unpaired) electrons. The fraction of sp³-hybridized carbons (Fsp3) is 0.172. The molecular weight excluding hydrogens is 434 g/mol. The van der Waals surface area contributed by atoms with Gasteiger partial charge < -0.3 is 20.5 Å². The summed E-state index contributed by atoms with van der Waals surface area (Å²) in [6.07, 6.45) is 1.91. The average Bonchev–Trinajstić information content (AvgIpc) is 3.24. The highest BCUT2D eigenvalue weighted by atomic mass is 16.2. The van der Waals surface area contributed by atoms with Gasteiger partial charge in [0.25, 0.3) is 5.91 Å². The molecule has 0 bridgehead atoms. The molecule has 0 saturated heterocycles. The number of pyridine rings is 1. The fourth-order valence-electron chi connectivity index (χ4n) is 4.46. The first kappa shape index (κ1) is 22.6. The van der Waals surface area contributed by atoms with Gasteiger partial charge in [-0.2, -0.15) is 0 Å². The van der Waals surface area contributed by atoms with Gasteiger partial charge in [-0.15, -0.1) is 0 Å². The molecule has 176 valence electrons. The summed E-state index contributed by atoms with van der Waals surface area (Å²) in [7, 11) is 5.85. The first-order chi connectivity index (χ1) is 16.9. The van der Waals surface area contributed by atoms with Crippen LogP contribution in [0.15, 0.2) is 79.0 Å². The number of likely N-dealkylation sites (N-methyl/N-ethyl adjacent to an activating group) is 2. The van der Waals surface area contributed by atoms with E-state index in [0.29, 0.717) is 17.8 Å². The lowest BCUT2D eigenvalue weighted by Crippen LogP contribution is -2.33. The monoisotopic (exact) mass is 463 g/mol. The maximum absolute atomic E-state index is 12.9. The van der Waals surface area contributed by atoms with Crippen LogP contribution in [-0.2, 0) is 0 Å². The van der Waals surface area contributed by atoms with Crippen LogP contribution in [0, 0.1) is 0 Å². The van der Waals surface area contributed by atoms with Crippen LogP contribution in [0.3, 0.4) is 0 Å². The maximum Gasteiger partial charge on any atom is 0.253 e. The zero-order valence-corrected chi connectivity index (χ0v) is 20.2. The topological polar surface area (TPSA) is 78.2 Å². The Kier molecular flexibility index (Phi) is 5.97. The van der Waals surface area contributed by atoms with Gasteiger partial charge in [0.2, 0.25) is 0 Å². The number of nitrogens with one attached hydrogen (secondary N) is 1. The molecule has 0 aliphatic heterocycles. The van der Waals surface area contributed by atoms with E-state index >= 15 is 0 Å². The van der Waals surface area contributed by atoms with Gasteiger partial charge in [0.15, 0.2) is 0 Å². The molecule has 0 unspecified atom stereocenters. The van der Waals surface area contributed by atoms with E-state index in [1.807, 2.05) is 88.0 Å². The molecule has 6 nitrogen and oxygen atoms in total. The van der Waals surface area contributed by atoms with Crippen molar-refractivity contribution in [3.8, 4) is 22.3 Å². The van der Waals surface area contributed by atoms with Crippen LogP contribution < -0.4 is 5.73 Å². The van der Waals surface area contributed by atoms with Crippen LogP contribution in [0.2, 0.25) is 0 Å². The molecule has 3 N–H and O–H groups in total. The van der Waals surface area contributed by atoms with Gasteiger partial charge in [0.05, 0.1) is 0 Å². The van der Waals surface area contributed by atoms with Crippen molar-refractivity contribution in [2.24, 2.45) is 0 Å². The number of aromatic nitrogens is 2. The van der Waals surface area contributed by atoms with Gasteiger partial charge in [-0.25, -0.2) is 4.98 Å². The minimum Gasteiger partial charge on any atom is -0.399 e. The second-order valence-corrected chi connectivity index (χ2v) is 9.17. The Morgan fingerprint density at radius 1 is 0.914 bits per heavy atom. The number of carbonyl (C=O) groups is 1. The van der Waals surface area contributed by atoms with Crippen molar-refractivity contribution in [1.82, 2.24) is 19.8 Å². The summed E-state index contributed by atoms with van der Waals surface area (Å²) in [5.74, 6) is 0.0161. The number of amides is 1. The first-order valence-corrected chi connectivity index (χ1v) is 11.7. The summed E-state index contributed by atoms with van der Waals surface area (Å²) in [5.41, 5.74) is 13.6. The van der Waals surface area contributed by atoms with E-state index in [0.717, 1.165) is 50.7 Å². The van der Waals surface area contributed by atoms with E-state index in [2.05, 4.69) is 22.0 Å². The van der Waals surface area contributed by atoms with Gasteiger partial charge in [0, 0.05) is 65.0 Å². The number of hydrogen-bond acceptors (Lipinski definition) is 4. The lowest BCUT2D eigenvalue weighted by atomic mass is 9.92. The first-order valence-electron chi connectivity index (χ1n) is 11.7. The van der Waals surface area contributed by atoms with Crippen molar-refractivity contribution in [2.45, 2.75) is 0 Å². The number of anilines is 1. The van der Waals surface area contributed by atoms with Crippen molar-refractivity contribution in [1.29, 1.82) is 0 Å². The van der Waals surface area contributed by atoms with Crippen LogP contribution in [0.4, 0.5) is 5.69 Å². The van der Waals surface area contributed by atoms with Crippen LogP contribution >= 0.6 is 0 Å². The van der Waals surface area contributed by atoms with E-state index in [9.17, 15) is 4.79 Å². The Labute approximate surface area is 205 Å². The molecule has 0 saturated carbocycles. The number of aromatic amines is 1. The molecule has 0 fully saturated rings. The third-order valence-corrected chi connectivity index (χ3v) is 6.38. The second-order valence-electron chi connectivity index (χ2n) is 9.17. The van der Waals surface area contributed by atoms with E-state index in [-0.39, 0.29) is 5.91 Å². The second kappa shape index (κ2) is 9.24. The third kappa shape index (κ3) is 4.36. The molecule has 5 rings (SSSR count). The van der Waals surface area contributed by atoms with Crippen molar-refractivity contribution in [2.75, 3.05) is 40.0 Å². The molecule has 2 heterocycles. The zero-order valence-electron chi connectivity index (χ0n) is 20.2. The molecule has 0 atom stereocenters. The molecule has 3 aromatic carbocycles. The van der Waals surface area contributed by atoms with Crippen molar-refractivity contribution >= 4 is 33.5 Å². The molecule has 1 amide bonds. The summed E-state index contributed by atoms with van der Waals surface area (Å²) < 4.78 is 0. The number of hydrogen-bond donors (Lipinski definition) is 2. The Balaban J connectivity index is 1.62. The highest BCUT2D eigenvalue weighted by Crippen LogP contribution is 2.40. The summed E-state index contributed by atoms with van der Waals surface area (Å²) in [6, 6.07) is 24.0. The van der Waals surface area contributed by atoms with Crippen molar-refractivity contribution < 1.29 is 4.79 Å². The highest BCUT2D eigenvalue weighted by molar-refractivity contribution is 6.16. The number of nitrogens with zero attached hydrogens (tertiary/aromatic N) is 3. The lowest BCUT2D eigenvalue weighted by Gasteiger charge is -2.20. The number of benzene rings is 3. The van der Waals surface area contributed by atoms with Gasteiger partial charge in [-0.1, -0.05) is 42.5 Å². The lowest BCUT2D eigenvalue weighted by molar-refractivity contribution is 0.0786. The largest absolute Gasteiger partial charge is 0.399 e. The standard InChI is InChI=1S/C29H29N5O/c1-33(2)15-16-34(3)29(35)21-11-9-19(10-12-21)24-18-31-28-27(26(24)20-7-5-4-6-8-20)23-17-22(30)13-14-25(23)32-28/h4-14,17-18H,15-16,30H2,1-3H3,(H,31,32). The number of nitrogen functional groups attached to an aromatic ring is 1. The predicted octanol–water partition coefficient (Wildman–Crippen LogP) is 5.27. The van der Waals surface area contributed by atoms with E-state index in [4.69, 9.17) is 10.7 Å². The number of fused-ring (bicyclic) bond motifs is 3. The Morgan fingerprint density at radius 2 is 1.66 bits per heavy atom. The predicted molar refractivity (Wildman–Crippen MR) is 144 cm³/mol. The normalized spacial score (nSPS) is 11.4. The molecule has 5 aromatic rings. The highest BCUT2D eigenvalue weighted by Gasteiger charge is 2.18. The van der Waals surface area contributed by atoms with Crippen molar-refractivity contribution in [3.63, 3.8) is 0 Å². The molecule has 0 spiro atoms. The van der Waals surface area contributed by atoms with Crippen molar-refractivity contribution in [3.05, 3.63) is 84.6 Å². The maximum atomic E-state index is 12.9. The van der Waals surface area contributed by atoms with Crippen LogP contribution in [0.1, 0.15) is 10.4 Å². The zero-order chi connectivity index (χ0) is 24.5. The number of nitrogens with two attached hydrogens (primary N) is 1. The van der Waals surface area contributed by atoms with E-state index in [1.165, 1.54) is 0 Å². The quantitative estimate of drug-likeness (QED) is 0.337. The fourth-order valence-corrected chi connectivity index (χ4v) is 4.46. The van der Waals surface area contributed by atoms with Crippen LogP contribution in [0.25, 0.3) is 44.2 Å². The van der Waals surface area contributed by atoms with E-state index in [1.54, 1.807) is 4.90 Å². The van der Waals surface area contributed by atoms with E-state index < -0.39 is 0 Å². The summed E-state index contributed by atoms with van der Waals surface area (Å²) in [4.78, 5) is 24.9. The number of carbonyl (C=O) groups excluding carboxylic acids is 1. The summed E-state index contributed by atoms with van der Waals surface area (Å²) in [6.45, 7) is 1.50. The Hall–Kier alpha value is -4.16. The van der Waals surface area contributed by atoms with Gasteiger partial charge in [0.1, 0.15) is 5.65 Å². The van der Waals surface area contributed by atoms with Gasteiger partial charge in [-0.05, 0) is 55.6 Å². The summed E-state index contributed by atoms with van der Waals surface area (Å²) >= 11 is 0. The molecule has 0 aliphatic rings. The Bertz CT molecular complexity index is 1500. The molecule has 0 aliphatic carbocycles. The average molecular weight is 464 g/mol. The third-order valence-electron chi connectivity index (χ3n) is 6.38. The SMILES string of the molecule is CN(C)CCN(C)C(=O)c1ccc(-c2cnc3[nH]c4ccc(N)cc4c3c2-c2ccccc2)cc1. The smallest absolute Gasteiger partial charge is 0.253 e. The minimum absolute atomic E-state index is 0.0161. The number of rotatable bonds is 6. The molecule has 2 aromatic heterocycles. The van der Waals surface area contributed by atoms with Crippen LogP contribution in [-0.4, -0.2) is 59.9 Å². The summed E-state index contributed by atoms with van der Waals surface area (Å²) in [5, 5.41) is 2.09. The van der Waals surface area contributed by atoms with Crippen LogP contribution in [0.5, 0.6) is 0 Å². The minimum atomic E-state index is 0.0161. The number of H-pyrrole nitrogens is 1. The van der Waals surface area contributed by atoms with Gasteiger partial charge >= 0.3 is 0 Å². The molecule has 6 heteroatoms. The van der Waals surface area contributed by atoms with Gasteiger partial charge in [-0.3, -0.25) is 4.79 Å².